The molecule has 0 atom stereocenters. The van der Waals surface area contributed by atoms with Gasteiger partial charge in [-0.25, -0.2) is 5.43 Å². The van der Waals surface area contributed by atoms with Crippen LogP contribution in [0.15, 0.2) is 52.0 Å². The molecule has 0 aliphatic rings. The molecular weight excluding hydrogens is 316 g/mol. The molecule has 1 amide bonds. The van der Waals surface area contributed by atoms with Crippen LogP contribution in [0, 0.1) is 13.8 Å². The SMILES string of the molecule is Cc1ccc(C=NNC(=O)c2ccc(Br)cc2)c(C)c1. The molecule has 0 aliphatic carbocycles. The number of carbonyl (C=O) groups is 1. The van der Waals surface area contributed by atoms with E-state index in [1.807, 2.05) is 38.1 Å². The third-order valence-corrected chi connectivity index (χ3v) is 3.43. The van der Waals surface area contributed by atoms with Crippen molar-refractivity contribution in [2.75, 3.05) is 0 Å². The van der Waals surface area contributed by atoms with Gasteiger partial charge in [-0.3, -0.25) is 4.79 Å². The highest BCUT2D eigenvalue weighted by Crippen LogP contribution is 2.10. The third-order valence-electron chi connectivity index (χ3n) is 2.90. The van der Waals surface area contributed by atoms with Gasteiger partial charge in [-0.15, -0.1) is 0 Å². The van der Waals surface area contributed by atoms with Gasteiger partial charge in [0.25, 0.3) is 5.91 Å². The molecule has 0 saturated carbocycles. The number of halogens is 1. The Bertz CT molecular complexity index is 648. The topological polar surface area (TPSA) is 41.5 Å². The summed E-state index contributed by atoms with van der Waals surface area (Å²) in [4.78, 5) is 11.8. The fraction of sp³-hybridized carbons (Fsp3) is 0.125. The van der Waals surface area contributed by atoms with Crippen LogP contribution in [0.3, 0.4) is 0 Å². The monoisotopic (exact) mass is 330 g/mol. The Hall–Kier alpha value is -1.94. The molecule has 0 aliphatic heterocycles. The zero-order chi connectivity index (χ0) is 14.5. The maximum Gasteiger partial charge on any atom is 0.271 e. The van der Waals surface area contributed by atoms with Gasteiger partial charge in [-0.05, 0) is 49.2 Å². The molecule has 2 aromatic carbocycles. The summed E-state index contributed by atoms with van der Waals surface area (Å²) in [5.74, 6) is -0.224. The number of hydrogen-bond acceptors (Lipinski definition) is 2. The first-order valence-electron chi connectivity index (χ1n) is 6.22. The van der Waals surface area contributed by atoms with Crippen molar-refractivity contribution in [1.82, 2.24) is 5.43 Å². The minimum Gasteiger partial charge on any atom is -0.267 e. The van der Waals surface area contributed by atoms with E-state index in [4.69, 9.17) is 0 Å². The summed E-state index contributed by atoms with van der Waals surface area (Å²) >= 11 is 3.33. The van der Waals surface area contributed by atoms with Crippen molar-refractivity contribution in [1.29, 1.82) is 0 Å². The molecule has 2 rings (SSSR count). The van der Waals surface area contributed by atoms with Crippen molar-refractivity contribution in [2.45, 2.75) is 13.8 Å². The van der Waals surface area contributed by atoms with Crippen molar-refractivity contribution in [3.63, 3.8) is 0 Å². The standard InChI is InChI=1S/C16H15BrN2O/c1-11-3-4-14(12(2)9-11)10-18-19-16(20)13-5-7-15(17)8-6-13/h3-10H,1-2H3,(H,19,20). The van der Waals surface area contributed by atoms with Crippen molar-refractivity contribution >= 4 is 28.1 Å². The van der Waals surface area contributed by atoms with Crippen molar-refractivity contribution in [2.24, 2.45) is 5.10 Å². The minimum absolute atomic E-state index is 0.224. The van der Waals surface area contributed by atoms with E-state index in [1.54, 1.807) is 18.3 Å². The van der Waals surface area contributed by atoms with Gasteiger partial charge in [-0.1, -0.05) is 39.7 Å². The van der Waals surface area contributed by atoms with Crippen LogP contribution in [0.2, 0.25) is 0 Å². The number of aryl methyl sites for hydroxylation is 2. The van der Waals surface area contributed by atoms with Gasteiger partial charge in [0, 0.05) is 10.0 Å². The molecule has 1 N–H and O–H groups in total. The summed E-state index contributed by atoms with van der Waals surface area (Å²) in [6.45, 7) is 4.06. The first-order valence-corrected chi connectivity index (χ1v) is 7.02. The Balaban J connectivity index is 2.02. The van der Waals surface area contributed by atoms with Crippen LogP contribution >= 0.6 is 15.9 Å². The molecular formula is C16H15BrN2O. The lowest BCUT2D eigenvalue weighted by atomic mass is 10.1. The maximum atomic E-state index is 11.8. The Morgan fingerprint density at radius 1 is 1.15 bits per heavy atom. The van der Waals surface area contributed by atoms with E-state index in [0.29, 0.717) is 5.56 Å². The van der Waals surface area contributed by atoms with Gasteiger partial charge in [0.2, 0.25) is 0 Å². The average molecular weight is 331 g/mol. The largest absolute Gasteiger partial charge is 0.271 e. The molecule has 0 saturated heterocycles. The highest BCUT2D eigenvalue weighted by molar-refractivity contribution is 9.10. The fourth-order valence-corrected chi connectivity index (χ4v) is 2.06. The van der Waals surface area contributed by atoms with E-state index >= 15 is 0 Å². The molecule has 102 valence electrons. The van der Waals surface area contributed by atoms with E-state index in [9.17, 15) is 4.79 Å². The van der Waals surface area contributed by atoms with Crippen LogP contribution in [-0.4, -0.2) is 12.1 Å². The molecule has 3 nitrogen and oxygen atoms in total. The summed E-state index contributed by atoms with van der Waals surface area (Å²) in [5.41, 5.74) is 6.43. The Morgan fingerprint density at radius 3 is 2.50 bits per heavy atom. The third kappa shape index (κ3) is 3.78. The van der Waals surface area contributed by atoms with Crippen molar-refractivity contribution in [3.05, 3.63) is 69.2 Å². The summed E-state index contributed by atoms with van der Waals surface area (Å²) in [6, 6.07) is 13.2. The molecule has 2 aromatic rings. The normalized spacial score (nSPS) is 10.8. The average Bonchev–Trinajstić information content (AvgIpc) is 2.42. The number of rotatable bonds is 3. The van der Waals surface area contributed by atoms with Gasteiger partial charge in [0.1, 0.15) is 0 Å². The predicted octanol–water partition coefficient (Wildman–Crippen LogP) is 3.83. The van der Waals surface area contributed by atoms with E-state index in [2.05, 4.69) is 32.5 Å². The highest BCUT2D eigenvalue weighted by atomic mass is 79.9. The van der Waals surface area contributed by atoms with Crippen LogP contribution < -0.4 is 5.43 Å². The molecule has 0 fully saturated rings. The second-order valence-corrected chi connectivity index (χ2v) is 5.48. The number of nitrogens with one attached hydrogen (secondary N) is 1. The molecule has 0 bridgehead atoms. The molecule has 20 heavy (non-hydrogen) atoms. The van der Waals surface area contributed by atoms with Gasteiger partial charge < -0.3 is 0 Å². The van der Waals surface area contributed by atoms with Gasteiger partial charge in [0.15, 0.2) is 0 Å². The van der Waals surface area contributed by atoms with Crippen molar-refractivity contribution < 1.29 is 4.79 Å². The molecule has 4 heteroatoms. The zero-order valence-electron chi connectivity index (χ0n) is 11.4. The van der Waals surface area contributed by atoms with Gasteiger partial charge in [-0.2, -0.15) is 5.10 Å². The van der Waals surface area contributed by atoms with Crippen LogP contribution in [0.1, 0.15) is 27.0 Å². The van der Waals surface area contributed by atoms with Crippen LogP contribution in [-0.2, 0) is 0 Å². The second kappa shape index (κ2) is 6.48. The van der Waals surface area contributed by atoms with Gasteiger partial charge >= 0.3 is 0 Å². The summed E-state index contributed by atoms with van der Waals surface area (Å²) in [5, 5.41) is 3.99. The Kier molecular flexibility index (Phi) is 4.69. The lowest BCUT2D eigenvalue weighted by Gasteiger charge is -2.02. The zero-order valence-corrected chi connectivity index (χ0v) is 12.9. The first-order chi connectivity index (χ1) is 9.56. The Labute approximate surface area is 126 Å². The maximum absolute atomic E-state index is 11.8. The molecule has 0 radical (unpaired) electrons. The van der Waals surface area contributed by atoms with Gasteiger partial charge in [0.05, 0.1) is 6.21 Å². The molecule has 0 spiro atoms. The number of hydrogen-bond donors (Lipinski definition) is 1. The lowest BCUT2D eigenvalue weighted by molar-refractivity contribution is 0.0955. The summed E-state index contributed by atoms with van der Waals surface area (Å²) in [7, 11) is 0. The Morgan fingerprint density at radius 2 is 1.85 bits per heavy atom. The van der Waals surface area contributed by atoms with E-state index in [0.717, 1.165) is 15.6 Å². The molecule has 0 aromatic heterocycles. The fourth-order valence-electron chi connectivity index (χ4n) is 1.80. The molecule has 0 unspecified atom stereocenters. The summed E-state index contributed by atoms with van der Waals surface area (Å²) in [6.07, 6.45) is 1.66. The second-order valence-electron chi connectivity index (χ2n) is 4.57. The first kappa shape index (κ1) is 14.5. The number of hydrazone groups is 1. The van der Waals surface area contributed by atoms with E-state index in [1.165, 1.54) is 5.56 Å². The quantitative estimate of drug-likeness (QED) is 0.674. The highest BCUT2D eigenvalue weighted by Gasteiger charge is 2.03. The molecule has 0 heterocycles. The lowest BCUT2D eigenvalue weighted by Crippen LogP contribution is -2.17. The number of amides is 1. The smallest absolute Gasteiger partial charge is 0.267 e. The number of nitrogens with zero attached hydrogens (tertiary/aromatic N) is 1. The van der Waals surface area contributed by atoms with E-state index < -0.39 is 0 Å². The number of carbonyl (C=O) groups excluding carboxylic acids is 1. The summed E-state index contributed by atoms with van der Waals surface area (Å²) < 4.78 is 0.938. The van der Waals surface area contributed by atoms with Crippen LogP contribution in [0.25, 0.3) is 0 Å². The van der Waals surface area contributed by atoms with Crippen LogP contribution in [0.5, 0.6) is 0 Å². The van der Waals surface area contributed by atoms with Crippen molar-refractivity contribution in [3.8, 4) is 0 Å². The van der Waals surface area contributed by atoms with Crippen LogP contribution in [0.4, 0.5) is 0 Å². The number of benzene rings is 2. The predicted molar refractivity (Wildman–Crippen MR) is 85.1 cm³/mol. The van der Waals surface area contributed by atoms with E-state index in [-0.39, 0.29) is 5.91 Å². The minimum atomic E-state index is -0.224.